The molecule has 0 spiro atoms. The first kappa shape index (κ1) is 16.0. The van der Waals surface area contributed by atoms with E-state index in [1.165, 1.54) is 0 Å². The smallest absolute Gasteiger partial charge is 0.298 e. The molecule has 1 N–H and O–H groups in total. The van der Waals surface area contributed by atoms with E-state index in [9.17, 15) is 0 Å². The van der Waals surface area contributed by atoms with Crippen molar-refractivity contribution in [2.75, 3.05) is 29.9 Å². The van der Waals surface area contributed by atoms with Crippen molar-refractivity contribution in [3.8, 4) is 0 Å². The largest absolute Gasteiger partial charge is 0.423 e. The summed E-state index contributed by atoms with van der Waals surface area (Å²) in [6, 6.07) is 10.6. The summed E-state index contributed by atoms with van der Waals surface area (Å²) in [5.41, 5.74) is 2.63. The van der Waals surface area contributed by atoms with Gasteiger partial charge in [0.05, 0.1) is 11.7 Å². The highest BCUT2D eigenvalue weighted by Crippen LogP contribution is 2.27. The molecule has 4 aromatic rings. The van der Waals surface area contributed by atoms with Crippen molar-refractivity contribution < 1.29 is 4.42 Å². The molecule has 0 bridgehead atoms. The Morgan fingerprint density at radius 1 is 1.07 bits per heavy atom. The standard InChI is InChI=1S/C20H20N6O/c1-2-4-18-16(3-1)25-20(27-18)26-9-6-14(7-10-26)11-22-19-15-5-8-21-12-17(15)23-13-24-19/h1-5,8,12-14H,6-7,9-11H2,(H,22,23,24). The second-order valence-electron chi connectivity index (χ2n) is 6.89. The maximum atomic E-state index is 5.90. The molecule has 7 heteroatoms. The van der Waals surface area contributed by atoms with Crippen LogP contribution in [0.3, 0.4) is 0 Å². The lowest BCUT2D eigenvalue weighted by Gasteiger charge is -2.31. The van der Waals surface area contributed by atoms with Crippen LogP contribution in [0.2, 0.25) is 0 Å². The summed E-state index contributed by atoms with van der Waals surface area (Å²) in [4.78, 5) is 19.6. The van der Waals surface area contributed by atoms with Gasteiger partial charge in [-0.05, 0) is 37.0 Å². The molecule has 7 nitrogen and oxygen atoms in total. The summed E-state index contributed by atoms with van der Waals surface area (Å²) in [6.45, 7) is 2.80. The quantitative estimate of drug-likeness (QED) is 0.596. The fourth-order valence-corrected chi connectivity index (χ4v) is 3.61. The summed E-state index contributed by atoms with van der Waals surface area (Å²) < 4.78 is 5.90. The molecule has 0 saturated carbocycles. The van der Waals surface area contributed by atoms with Crippen LogP contribution in [0, 0.1) is 5.92 Å². The second kappa shape index (κ2) is 6.83. The number of hydrogen-bond donors (Lipinski definition) is 1. The van der Waals surface area contributed by atoms with E-state index in [0.717, 1.165) is 66.3 Å². The second-order valence-corrected chi connectivity index (χ2v) is 6.89. The molecule has 3 aromatic heterocycles. The van der Waals surface area contributed by atoms with Crippen molar-refractivity contribution in [3.05, 3.63) is 49.1 Å². The highest BCUT2D eigenvalue weighted by Gasteiger charge is 2.22. The number of hydrogen-bond acceptors (Lipinski definition) is 7. The van der Waals surface area contributed by atoms with E-state index < -0.39 is 0 Å². The molecule has 5 rings (SSSR count). The molecule has 136 valence electrons. The average molecular weight is 360 g/mol. The first-order chi connectivity index (χ1) is 13.4. The molecule has 1 aromatic carbocycles. The van der Waals surface area contributed by atoms with Gasteiger partial charge in [-0.3, -0.25) is 4.98 Å². The minimum atomic E-state index is 0.595. The van der Waals surface area contributed by atoms with Crippen LogP contribution in [-0.4, -0.2) is 39.6 Å². The maximum Gasteiger partial charge on any atom is 0.298 e. The first-order valence-corrected chi connectivity index (χ1v) is 9.26. The van der Waals surface area contributed by atoms with Gasteiger partial charge in [0.15, 0.2) is 5.58 Å². The van der Waals surface area contributed by atoms with Crippen molar-refractivity contribution in [3.63, 3.8) is 0 Å². The van der Waals surface area contributed by atoms with Crippen LogP contribution >= 0.6 is 0 Å². The Morgan fingerprint density at radius 3 is 2.85 bits per heavy atom. The number of pyridine rings is 1. The third-order valence-corrected chi connectivity index (χ3v) is 5.16. The lowest BCUT2D eigenvalue weighted by molar-refractivity contribution is 0.405. The lowest BCUT2D eigenvalue weighted by atomic mass is 9.97. The van der Waals surface area contributed by atoms with Crippen molar-refractivity contribution in [2.24, 2.45) is 5.92 Å². The van der Waals surface area contributed by atoms with E-state index >= 15 is 0 Å². The first-order valence-electron chi connectivity index (χ1n) is 9.26. The van der Waals surface area contributed by atoms with Crippen LogP contribution in [0.25, 0.3) is 22.0 Å². The summed E-state index contributed by atoms with van der Waals surface area (Å²) >= 11 is 0. The topological polar surface area (TPSA) is 80.0 Å². The highest BCUT2D eigenvalue weighted by molar-refractivity contribution is 5.87. The van der Waals surface area contributed by atoms with Gasteiger partial charge < -0.3 is 14.6 Å². The van der Waals surface area contributed by atoms with E-state index in [-0.39, 0.29) is 0 Å². The number of nitrogens with zero attached hydrogens (tertiary/aromatic N) is 5. The molecule has 1 fully saturated rings. The van der Waals surface area contributed by atoms with Crippen LogP contribution in [0.1, 0.15) is 12.8 Å². The number of rotatable bonds is 4. The Balaban J connectivity index is 1.22. The van der Waals surface area contributed by atoms with Gasteiger partial charge in [-0.25, -0.2) is 9.97 Å². The van der Waals surface area contributed by atoms with Gasteiger partial charge in [-0.15, -0.1) is 0 Å². The van der Waals surface area contributed by atoms with E-state index in [4.69, 9.17) is 4.42 Å². The number of para-hydroxylation sites is 2. The van der Waals surface area contributed by atoms with Gasteiger partial charge in [-0.1, -0.05) is 12.1 Å². The van der Waals surface area contributed by atoms with E-state index in [1.54, 1.807) is 18.7 Å². The number of oxazole rings is 1. The molecule has 0 amide bonds. The number of aromatic nitrogens is 4. The van der Waals surface area contributed by atoms with Crippen LogP contribution in [0.4, 0.5) is 11.8 Å². The number of benzene rings is 1. The molecule has 0 radical (unpaired) electrons. The molecular weight excluding hydrogens is 340 g/mol. The van der Waals surface area contributed by atoms with Gasteiger partial charge in [0.2, 0.25) is 0 Å². The molecule has 0 unspecified atom stereocenters. The summed E-state index contributed by atoms with van der Waals surface area (Å²) in [6.07, 6.45) is 7.31. The molecule has 1 aliphatic rings. The van der Waals surface area contributed by atoms with Gasteiger partial charge >= 0.3 is 0 Å². The molecule has 4 heterocycles. The zero-order valence-electron chi connectivity index (χ0n) is 14.9. The monoisotopic (exact) mass is 360 g/mol. The van der Waals surface area contributed by atoms with Gasteiger partial charge in [-0.2, -0.15) is 4.98 Å². The summed E-state index contributed by atoms with van der Waals surface area (Å²) in [7, 11) is 0. The van der Waals surface area contributed by atoms with Crippen LogP contribution in [0.15, 0.2) is 53.5 Å². The Morgan fingerprint density at radius 2 is 1.96 bits per heavy atom. The molecule has 0 atom stereocenters. The van der Waals surface area contributed by atoms with Crippen LogP contribution < -0.4 is 10.2 Å². The van der Waals surface area contributed by atoms with E-state index in [1.807, 2.05) is 30.3 Å². The Kier molecular flexibility index (Phi) is 4.04. The highest BCUT2D eigenvalue weighted by atomic mass is 16.4. The van der Waals surface area contributed by atoms with E-state index in [2.05, 4.69) is 30.2 Å². The predicted octanol–water partition coefficient (Wildman–Crippen LogP) is 3.49. The number of nitrogens with one attached hydrogen (secondary N) is 1. The average Bonchev–Trinajstić information content (AvgIpc) is 3.17. The lowest BCUT2D eigenvalue weighted by Crippen LogP contribution is -2.36. The van der Waals surface area contributed by atoms with E-state index in [0.29, 0.717) is 5.92 Å². The van der Waals surface area contributed by atoms with Crippen LogP contribution in [0.5, 0.6) is 0 Å². The van der Waals surface area contributed by atoms with Gasteiger partial charge in [0.25, 0.3) is 6.01 Å². The van der Waals surface area contributed by atoms with Crippen LogP contribution in [-0.2, 0) is 0 Å². The SMILES string of the molecule is c1ccc2oc(N3CCC(CNc4ncnc5cnccc45)CC3)nc2c1. The number of anilines is 2. The minimum absolute atomic E-state index is 0.595. The fourth-order valence-electron chi connectivity index (χ4n) is 3.61. The molecule has 0 aliphatic carbocycles. The number of fused-ring (bicyclic) bond motifs is 2. The minimum Gasteiger partial charge on any atom is -0.423 e. The zero-order valence-corrected chi connectivity index (χ0v) is 14.9. The Bertz CT molecular complexity index is 1030. The number of piperidine rings is 1. The zero-order chi connectivity index (χ0) is 18.1. The maximum absolute atomic E-state index is 5.90. The van der Waals surface area contributed by atoms with Gasteiger partial charge in [0, 0.05) is 31.2 Å². The van der Waals surface area contributed by atoms with Crippen molar-refractivity contribution in [1.29, 1.82) is 0 Å². The summed E-state index contributed by atoms with van der Waals surface area (Å²) in [5.74, 6) is 1.47. The molecule has 1 aliphatic heterocycles. The predicted molar refractivity (Wildman–Crippen MR) is 105 cm³/mol. The normalized spacial score (nSPS) is 15.5. The fraction of sp³-hybridized carbons (Fsp3) is 0.300. The third-order valence-electron chi connectivity index (χ3n) is 5.16. The van der Waals surface area contributed by atoms with Crippen molar-refractivity contribution in [1.82, 2.24) is 19.9 Å². The third kappa shape index (κ3) is 3.16. The van der Waals surface area contributed by atoms with Gasteiger partial charge in [0.1, 0.15) is 17.7 Å². The summed E-state index contributed by atoms with van der Waals surface area (Å²) in [5, 5.41) is 4.51. The molecule has 27 heavy (non-hydrogen) atoms. The molecule has 1 saturated heterocycles. The van der Waals surface area contributed by atoms with Crippen molar-refractivity contribution in [2.45, 2.75) is 12.8 Å². The Labute approximate surface area is 156 Å². The van der Waals surface area contributed by atoms with Crippen molar-refractivity contribution >= 4 is 33.8 Å². The molecular formula is C20H20N6O. The Hall–Kier alpha value is -3.22.